The zero-order chi connectivity index (χ0) is 17.8. The van der Waals surface area contributed by atoms with E-state index in [1.54, 1.807) is 30.3 Å². The molecule has 0 aliphatic carbocycles. The summed E-state index contributed by atoms with van der Waals surface area (Å²) in [6.45, 7) is 0.876. The number of hydrogen-bond donors (Lipinski definition) is 2. The van der Waals surface area contributed by atoms with Crippen molar-refractivity contribution in [1.82, 2.24) is 15.0 Å². The van der Waals surface area contributed by atoms with Crippen LogP contribution in [0.25, 0.3) is 10.9 Å². The SMILES string of the molecule is FC(F)c1nc(NCCNc2ncc(Cl)cc2Cl)c2ccccc2n1. The number of benzene rings is 1. The highest BCUT2D eigenvalue weighted by atomic mass is 35.5. The van der Waals surface area contributed by atoms with E-state index in [1.807, 2.05) is 0 Å². The Hall–Kier alpha value is -2.25. The second-order valence-corrected chi connectivity index (χ2v) is 5.93. The van der Waals surface area contributed by atoms with Crippen LogP contribution in [-0.2, 0) is 0 Å². The predicted octanol–water partition coefficient (Wildman–Crippen LogP) is 4.79. The van der Waals surface area contributed by atoms with Gasteiger partial charge in [0.25, 0.3) is 6.43 Å². The second-order valence-electron chi connectivity index (χ2n) is 5.09. The molecule has 3 rings (SSSR count). The molecule has 1 aromatic carbocycles. The van der Waals surface area contributed by atoms with Crippen LogP contribution in [0.4, 0.5) is 20.4 Å². The number of rotatable bonds is 6. The molecule has 0 spiro atoms. The molecule has 0 aliphatic heterocycles. The normalized spacial score (nSPS) is 11.1. The van der Waals surface area contributed by atoms with Gasteiger partial charge in [0.2, 0.25) is 0 Å². The van der Waals surface area contributed by atoms with E-state index >= 15 is 0 Å². The van der Waals surface area contributed by atoms with E-state index in [4.69, 9.17) is 23.2 Å². The fraction of sp³-hybridized carbons (Fsp3) is 0.188. The summed E-state index contributed by atoms with van der Waals surface area (Å²) in [5.74, 6) is 0.350. The molecule has 3 aromatic rings. The number of nitrogens with zero attached hydrogens (tertiary/aromatic N) is 3. The van der Waals surface area contributed by atoms with Crippen LogP contribution in [0.2, 0.25) is 10.0 Å². The van der Waals surface area contributed by atoms with E-state index in [2.05, 4.69) is 25.6 Å². The maximum absolute atomic E-state index is 13.0. The van der Waals surface area contributed by atoms with Crippen molar-refractivity contribution >= 4 is 45.7 Å². The summed E-state index contributed by atoms with van der Waals surface area (Å²) in [5.41, 5.74) is 0.464. The summed E-state index contributed by atoms with van der Waals surface area (Å²) in [6, 6.07) is 8.57. The van der Waals surface area contributed by atoms with Crippen LogP contribution in [0, 0.1) is 0 Å². The minimum absolute atomic E-state index is 0.359. The number of alkyl halides is 2. The molecule has 9 heteroatoms. The van der Waals surface area contributed by atoms with Crippen molar-refractivity contribution in [2.45, 2.75) is 6.43 Å². The highest BCUT2D eigenvalue weighted by molar-refractivity contribution is 6.35. The molecule has 0 aliphatic rings. The van der Waals surface area contributed by atoms with Gasteiger partial charge in [-0.3, -0.25) is 0 Å². The Balaban J connectivity index is 1.70. The van der Waals surface area contributed by atoms with Gasteiger partial charge < -0.3 is 10.6 Å². The van der Waals surface area contributed by atoms with E-state index in [-0.39, 0.29) is 0 Å². The van der Waals surface area contributed by atoms with Crippen molar-refractivity contribution in [2.75, 3.05) is 23.7 Å². The molecule has 25 heavy (non-hydrogen) atoms. The number of anilines is 2. The number of para-hydroxylation sites is 1. The lowest BCUT2D eigenvalue weighted by atomic mass is 10.2. The Labute approximate surface area is 152 Å². The van der Waals surface area contributed by atoms with Crippen LogP contribution in [0.3, 0.4) is 0 Å². The first-order valence-corrected chi connectivity index (χ1v) is 8.14. The first kappa shape index (κ1) is 17.6. The fourth-order valence-corrected chi connectivity index (χ4v) is 2.68. The number of hydrogen-bond acceptors (Lipinski definition) is 5. The third kappa shape index (κ3) is 4.24. The zero-order valence-electron chi connectivity index (χ0n) is 12.8. The number of pyridine rings is 1. The lowest BCUT2D eigenvalue weighted by Crippen LogP contribution is -2.16. The third-order valence-corrected chi connectivity index (χ3v) is 3.83. The number of fused-ring (bicyclic) bond motifs is 1. The highest BCUT2D eigenvalue weighted by Gasteiger charge is 2.14. The highest BCUT2D eigenvalue weighted by Crippen LogP contribution is 2.24. The van der Waals surface area contributed by atoms with Crippen molar-refractivity contribution in [1.29, 1.82) is 0 Å². The molecule has 0 amide bonds. The lowest BCUT2D eigenvalue weighted by Gasteiger charge is -2.12. The molecule has 2 aromatic heterocycles. The van der Waals surface area contributed by atoms with Crippen molar-refractivity contribution in [2.24, 2.45) is 0 Å². The summed E-state index contributed by atoms with van der Waals surface area (Å²) < 4.78 is 25.9. The molecule has 0 atom stereocenters. The molecule has 130 valence electrons. The Morgan fingerprint density at radius 1 is 1.00 bits per heavy atom. The fourth-order valence-electron chi connectivity index (χ4n) is 2.23. The molecular weight excluding hydrogens is 371 g/mol. The number of aromatic nitrogens is 3. The minimum Gasteiger partial charge on any atom is -0.368 e. The van der Waals surface area contributed by atoms with E-state index in [1.165, 1.54) is 6.20 Å². The van der Waals surface area contributed by atoms with Crippen LogP contribution in [0.15, 0.2) is 36.5 Å². The van der Waals surface area contributed by atoms with E-state index < -0.39 is 12.2 Å². The number of halogens is 4. The van der Waals surface area contributed by atoms with E-state index in [0.717, 1.165) is 0 Å². The van der Waals surface area contributed by atoms with Crippen LogP contribution < -0.4 is 10.6 Å². The topological polar surface area (TPSA) is 62.7 Å². The first-order chi connectivity index (χ1) is 12.0. The van der Waals surface area contributed by atoms with Crippen LogP contribution in [0.1, 0.15) is 12.2 Å². The van der Waals surface area contributed by atoms with Crippen LogP contribution in [-0.4, -0.2) is 28.0 Å². The monoisotopic (exact) mass is 383 g/mol. The molecule has 0 fully saturated rings. The summed E-state index contributed by atoms with van der Waals surface area (Å²) in [5, 5.41) is 7.60. The number of nitrogens with one attached hydrogen (secondary N) is 2. The molecule has 0 saturated heterocycles. The quantitative estimate of drug-likeness (QED) is 0.599. The van der Waals surface area contributed by atoms with Gasteiger partial charge in [0.15, 0.2) is 5.82 Å². The molecule has 0 radical (unpaired) electrons. The van der Waals surface area contributed by atoms with Crippen molar-refractivity contribution in [3.05, 3.63) is 52.4 Å². The van der Waals surface area contributed by atoms with Gasteiger partial charge in [0.1, 0.15) is 11.6 Å². The van der Waals surface area contributed by atoms with Crippen molar-refractivity contribution in [3.8, 4) is 0 Å². The first-order valence-electron chi connectivity index (χ1n) is 7.38. The van der Waals surface area contributed by atoms with Gasteiger partial charge in [0.05, 0.1) is 15.6 Å². The average molecular weight is 384 g/mol. The van der Waals surface area contributed by atoms with Gasteiger partial charge in [-0.05, 0) is 18.2 Å². The molecular formula is C16H13Cl2F2N5. The molecule has 0 saturated carbocycles. The second kappa shape index (κ2) is 7.76. The largest absolute Gasteiger partial charge is 0.368 e. The van der Waals surface area contributed by atoms with Crippen molar-refractivity contribution < 1.29 is 8.78 Å². The molecule has 0 bridgehead atoms. The van der Waals surface area contributed by atoms with E-state index in [0.29, 0.717) is 45.7 Å². The van der Waals surface area contributed by atoms with Crippen molar-refractivity contribution in [3.63, 3.8) is 0 Å². The average Bonchev–Trinajstić information content (AvgIpc) is 2.59. The summed E-state index contributed by atoms with van der Waals surface area (Å²) >= 11 is 11.8. The van der Waals surface area contributed by atoms with Gasteiger partial charge in [0, 0.05) is 24.7 Å². The zero-order valence-corrected chi connectivity index (χ0v) is 14.3. The van der Waals surface area contributed by atoms with Gasteiger partial charge >= 0.3 is 0 Å². The van der Waals surface area contributed by atoms with Gasteiger partial charge in [-0.2, -0.15) is 0 Å². The van der Waals surface area contributed by atoms with Gasteiger partial charge in [-0.25, -0.2) is 23.7 Å². The maximum Gasteiger partial charge on any atom is 0.297 e. The van der Waals surface area contributed by atoms with E-state index in [9.17, 15) is 8.78 Å². The Morgan fingerprint density at radius 2 is 1.72 bits per heavy atom. The van der Waals surface area contributed by atoms with Crippen LogP contribution >= 0.6 is 23.2 Å². The Kier molecular flexibility index (Phi) is 5.45. The van der Waals surface area contributed by atoms with Gasteiger partial charge in [-0.15, -0.1) is 0 Å². The molecule has 0 unspecified atom stereocenters. The smallest absolute Gasteiger partial charge is 0.297 e. The summed E-state index contributed by atoms with van der Waals surface area (Å²) in [4.78, 5) is 11.9. The maximum atomic E-state index is 13.0. The minimum atomic E-state index is -2.74. The Morgan fingerprint density at radius 3 is 2.44 bits per heavy atom. The van der Waals surface area contributed by atoms with Crippen LogP contribution in [0.5, 0.6) is 0 Å². The standard InChI is InChI=1S/C16H13Cl2F2N5/c17-9-7-11(18)15(23-8-9)22-6-5-21-14-10-3-1-2-4-12(10)24-16(25-14)13(19)20/h1-4,7-8,13H,5-6H2,(H,22,23)(H,21,24,25). The van der Waals surface area contributed by atoms with Gasteiger partial charge in [-0.1, -0.05) is 35.3 Å². The molecule has 5 nitrogen and oxygen atoms in total. The lowest BCUT2D eigenvalue weighted by molar-refractivity contribution is 0.141. The summed E-state index contributed by atoms with van der Waals surface area (Å²) in [7, 11) is 0. The molecule has 2 N–H and O–H groups in total. The predicted molar refractivity (Wildman–Crippen MR) is 95.7 cm³/mol. The summed E-state index contributed by atoms with van der Waals surface area (Å²) in [6.07, 6.45) is -1.25. The Bertz CT molecular complexity index is 892. The molecule has 2 heterocycles. The third-order valence-electron chi connectivity index (χ3n) is 3.33.